The second-order valence-electron chi connectivity index (χ2n) is 3.54. The van der Waals surface area contributed by atoms with Gasteiger partial charge in [-0.2, -0.15) is 17.6 Å². The Hall–Kier alpha value is -0.390. The van der Waals surface area contributed by atoms with Crippen LogP contribution < -0.4 is 0 Å². The molecule has 6 heteroatoms. The number of alkyl halides is 3. The summed E-state index contributed by atoms with van der Waals surface area (Å²) in [5.41, 5.74) is -1.05. The molecule has 0 aliphatic carbocycles. The molecule has 0 unspecified atom stereocenters. The lowest BCUT2D eigenvalue weighted by atomic mass is 10.3. The average Bonchev–Trinajstić information content (AvgIpc) is 1.82. The summed E-state index contributed by atoms with van der Waals surface area (Å²) < 4.78 is 49.3. The van der Waals surface area contributed by atoms with Crippen molar-refractivity contribution in [2.45, 2.75) is 38.6 Å². The molecule has 0 aromatic heterocycles. The molecular formula is C7H12F3NOS. The lowest BCUT2D eigenvalue weighted by Gasteiger charge is -2.14. The molecule has 0 amide bonds. The molecule has 2 nitrogen and oxygen atoms in total. The van der Waals surface area contributed by atoms with Gasteiger partial charge in [-0.15, -0.1) is 0 Å². The molecule has 0 heterocycles. The maximum Gasteiger partial charge on any atom is 0.429 e. The fourth-order valence-corrected chi connectivity index (χ4v) is 0.939. The normalized spacial score (nSPS) is 17.3. The Labute approximate surface area is 77.8 Å². The van der Waals surface area contributed by atoms with E-state index < -0.39 is 27.6 Å². The van der Waals surface area contributed by atoms with E-state index in [1.54, 1.807) is 20.8 Å². The van der Waals surface area contributed by atoms with Gasteiger partial charge in [0.05, 0.1) is 4.75 Å². The molecule has 13 heavy (non-hydrogen) atoms. The summed E-state index contributed by atoms with van der Waals surface area (Å²) in [6.45, 7) is 5.51. The van der Waals surface area contributed by atoms with Gasteiger partial charge in [0, 0.05) is 0 Å². The Bertz CT molecular complexity index is 239. The van der Waals surface area contributed by atoms with Crippen LogP contribution in [0.3, 0.4) is 0 Å². The molecule has 0 rings (SSSR count). The highest BCUT2D eigenvalue weighted by Gasteiger charge is 2.33. The van der Waals surface area contributed by atoms with Gasteiger partial charge in [0.2, 0.25) is 0 Å². The van der Waals surface area contributed by atoms with Crippen molar-refractivity contribution < 1.29 is 17.4 Å². The first-order valence-corrected chi connectivity index (χ1v) is 4.70. The monoisotopic (exact) mass is 215 g/mol. The van der Waals surface area contributed by atoms with Crippen molar-refractivity contribution >= 4 is 16.7 Å². The molecule has 0 fully saturated rings. The second-order valence-corrected chi connectivity index (χ2v) is 5.44. The zero-order chi connectivity index (χ0) is 10.9. The smallest absolute Gasteiger partial charge is 0.234 e. The zero-order valence-electron chi connectivity index (χ0n) is 7.90. The molecular weight excluding hydrogens is 203 g/mol. The van der Waals surface area contributed by atoms with Crippen LogP contribution in [0.25, 0.3) is 0 Å². The van der Waals surface area contributed by atoms with E-state index in [0.29, 0.717) is 0 Å². The molecule has 0 bridgehead atoms. The summed E-state index contributed by atoms with van der Waals surface area (Å²) in [5, 5.41) is 0. The number of halogens is 3. The highest BCUT2D eigenvalue weighted by Crippen LogP contribution is 2.20. The summed E-state index contributed by atoms with van der Waals surface area (Å²) in [7, 11) is -1.85. The van der Waals surface area contributed by atoms with Crippen molar-refractivity contribution in [2.75, 3.05) is 0 Å². The van der Waals surface area contributed by atoms with Crippen molar-refractivity contribution in [1.82, 2.24) is 0 Å². The fraction of sp³-hybridized carbons (Fsp3) is 0.857. The van der Waals surface area contributed by atoms with E-state index in [-0.39, 0.29) is 0 Å². The first-order chi connectivity index (χ1) is 5.55. The Kier molecular flexibility index (Phi) is 3.66. The van der Waals surface area contributed by atoms with Gasteiger partial charge in [0.15, 0.2) is 0 Å². The average molecular weight is 215 g/mol. The molecule has 78 valence electrons. The highest BCUT2D eigenvalue weighted by molar-refractivity contribution is 7.85. The molecule has 0 saturated heterocycles. The lowest BCUT2D eigenvalue weighted by molar-refractivity contribution is -0.0589. The van der Waals surface area contributed by atoms with Gasteiger partial charge in [-0.3, -0.25) is 0 Å². The van der Waals surface area contributed by atoms with E-state index in [9.17, 15) is 17.4 Å². The zero-order valence-corrected chi connectivity index (χ0v) is 8.71. The van der Waals surface area contributed by atoms with Gasteiger partial charge >= 0.3 is 6.18 Å². The van der Waals surface area contributed by atoms with Crippen LogP contribution in [-0.4, -0.2) is 20.8 Å². The summed E-state index contributed by atoms with van der Waals surface area (Å²) in [4.78, 5) is 0. The standard InChI is InChI=1S/C7H12F3NOS/c1-5(7(8,9)10)11-13(12)6(2,3)4/h1-4H3/b11-5+/t13-/m1/s1. The largest absolute Gasteiger partial charge is 0.429 e. The summed E-state index contributed by atoms with van der Waals surface area (Å²) in [5.74, 6) is 0. The van der Waals surface area contributed by atoms with Crippen molar-refractivity contribution in [3.63, 3.8) is 0 Å². The van der Waals surface area contributed by atoms with Gasteiger partial charge in [-0.25, -0.2) is 4.21 Å². The third-order valence-corrected chi connectivity index (χ3v) is 2.64. The molecule has 1 atom stereocenters. The van der Waals surface area contributed by atoms with Crippen LogP contribution in [0.5, 0.6) is 0 Å². The number of rotatable bonds is 1. The van der Waals surface area contributed by atoms with E-state index in [0.717, 1.165) is 6.92 Å². The Morgan fingerprint density at radius 2 is 1.62 bits per heavy atom. The van der Waals surface area contributed by atoms with Crippen LogP contribution in [0.2, 0.25) is 0 Å². The van der Waals surface area contributed by atoms with Gasteiger partial charge in [-0.1, -0.05) is 0 Å². The van der Waals surface area contributed by atoms with Crippen molar-refractivity contribution in [1.29, 1.82) is 0 Å². The third kappa shape index (κ3) is 4.40. The van der Waals surface area contributed by atoms with Crippen molar-refractivity contribution in [2.24, 2.45) is 4.40 Å². The Balaban J connectivity index is 4.70. The third-order valence-electron chi connectivity index (χ3n) is 1.15. The first-order valence-electron chi connectivity index (χ1n) is 3.59. The van der Waals surface area contributed by atoms with E-state index in [4.69, 9.17) is 0 Å². The summed E-state index contributed by atoms with van der Waals surface area (Å²) in [6, 6.07) is 0. The Morgan fingerprint density at radius 3 is 1.85 bits per heavy atom. The summed E-state index contributed by atoms with van der Waals surface area (Å²) >= 11 is 0. The minimum atomic E-state index is -4.49. The fourth-order valence-electron chi connectivity index (χ4n) is 0.313. The van der Waals surface area contributed by atoms with Crippen LogP contribution in [0.15, 0.2) is 4.40 Å². The van der Waals surface area contributed by atoms with Crippen LogP contribution in [0, 0.1) is 0 Å². The first kappa shape index (κ1) is 12.6. The van der Waals surface area contributed by atoms with Crippen molar-refractivity contribution in [3.05, 3.63) is 0 Å². The van der Waals surface area contributed by atoms with Gasteiger partial charge in [0.25, 0.3) is 0 Å². The van der Waals surface area contributed by atoms with Crippen LogP contribution in [0.4, 0.5) is 13.2 Å². The van der Waals surface area contributed by atoms with E-state index in [1.165, 1.54) is 0 Å². The molecule has 0 aromatic rings. The van der Waals surface area contributed by atoms with E-state index in [1.807, 2.05) is 0 Å². The van der Waals surface area contributed by atoms with Crippen LogP contribution in [-0.2, 0) is 11.0 Å². The predicted molar refractivity (Wildman–Crippen MR) is 47.1 cm³/mol. The molecule has 0 N–H and O–H groups in total. The summed E-state index contributed by atoms with van der Waals surface area (Å²) in [6.07, 6.45) is -4.49. The number of hydrogen-bond acceptors (Lipinski definition) is 1. The predicted octanol–water partition coefficient (Wildman–Crippen LogP) is 2.47. The van der Waals surface area contributed by atoms with E-state index in [2.05, 4.69) is 4.40 Å². The minimum Gasteiger partial charge on any atom is -0.234 e. The lowest BCUT2D eigenvalue weighted by Crippen LogP contribution is -2.25. The van der Waals surface area contributed by atoms with Crippen LogP contribution >= 0.6 is 0 Å². The molecule has 0 spiro atoms. The highest BCUT2D eigenvalue weighted by atomic mass is 32.2. The second kappa shape index (κ2) is 3.77. The quantitative estimate of drug-likeness (QED) is 0.618. The molecule has 0 aliphatic heterocycles. The topological polar surface area (TPSA) is 29.4 Å². The Morgan fingerprint density at radius 1 is 1.23 bits per heavy atom. The SMILES string of the molecule is C/C(=N\[S@](=O)C(C)(C)C)C(F)(F)F. The van der Waals surface area contributed by atoms with Gasteiger partial charge in [-0.05, 0) is 27.7 Å². The number of hydrogen-bond donors (Lipinski definition) is 0. The van der Waals surface area contributed by atoms with Crippen LogP contribution in [0.1, 0.15) is 27.7 Å². The molecule has 0 saturated carbocycles. The number of nitrogens with zero attached hydrogens (tertiary/aromatic N) is 1. The van der Waals surface area contributed by atoms with Gasteiger partial charge in [0.1, 0.15) is 16.7 Å². The maximum absolute atomic E-state index is 11.9. The van der Waals surface area contributed by atoms with Gasteiger partial charge < -0.3 is 0 Å². The molecule has 0 aliphatic rings. The van der Waals surface area contributed by atoms with Crippen molar-refractivity contribution in [3.8, 4) is 0 Å². The molecule has 0 radical (unpaired) electrons. The minimum absolute atomic E-state index is 0.757. The van der Waals surface area contributed by atoms with E-state index >= 15 is 0 Å². The maximum atomic E-state index is 11.9. The molecule has 0 aromatic carbocycles.